The van der Waals surface area contributed by atoms with Gasteiger partial charge >= 0.3 is 0 Å². The summed E-state index contributed by atoms with van der Waals surface area (Å²) in [5.74, 6) is 0.844. The largest absolute Gasteiger partial charge is 0.497 e. The molecule has 0 aliphatic carbocycles. The Morgan fingerprint density at radius 2 is 2.00 bits per heavy atom. The zero-order valence-corrected chi connectivity index (χ0v) is 17.3. The first-order chi connectivity index (χ1) is 13.5. The lowest BCUT2D eigenvalue weighted by atomic mass is 10.0. The van der Waals surface area contributed by atoms with Crippen molar-refractivity contribution in [2.45, 2.75) is 25.9 Å². The Labute approximate surface area is 167 Å². The van der Waals surface area contributed by atoms with Crippen molar-refractivity contribution in [2.24, 2.45) is 0 Å². The SMILES string of the molecule is COc1ccc2cc(CN3CC[C@@H](N(C)C)C3)c(-c3cccc(C)c3)nc2c1. The van der Waals surface area contributed by atoms with Crippen LogP contribution in [0.1, 0.15) is 17.5 Å². The number of likely N-dealkylation sites (N-methyl/N-ethyl adjacent to an activating group) is 1. The molecule has 0 amide bonds. The molecular formula is C24H29N3O. The van der Waals surface area contributed by atoms with Crippen LogP contribution < -0.4 is 4.74 Å². The summed E-state index contributed by atoms with van der Waals surface area (Å²) in [7, 11) is 6.06. The summed E-state index contributed by atoms with van der Waals surface area (Å²) in [5, 5.41) is 1.16. The maximum atomic E-state index is 5.41. The predicted molar refractivity (Wildman–Crippen MR) is 116 cm³/mol. The first-order valence-corrected chi connectivity index (χ1v) is 9.97. The normalized spacial score (nSPS) is 17.5. The number of ether oxygens (including phenoxy) is 1. The van der Waals surface area contributed by atoms with E-state index in [0.29, 0.717) is 6.04 Å². The van der Waals surface area contributed by atoms with Gasteiger partial charge in [-0.1, -0.05) is 23.8 Å². The van der Waals surface area contributed by atoms with Gasteiger partial charge in [-0.3, -0.25) is 4.90 Å². The fourth-order valence-electron chi connectivity index (χ4n) is 4.10. The number of pyridine rings is 1. The monoisotopic (exact) mass is 375 g/mol. The van der Waals surface area contributed by atoms with Crippen molar-refractivity contribution < 1.29 is 4.74 Å². The van der Waals surface area contributed by atoms with Gasteiger partial charge in [0.2, 0.25) is 0 Å². The highest BCUT2D eigenvalue weighted by Gasteiger charge is 2.25. The Kier molecular flexibility index (Phi) is 5.33. The molecule has 1 aliphatic rings. The minimum atomic E-state index is 0.639. The van der Waals surface area contributed by atoms with E-state index in [4.69, 9.17) is 9.72 Å². The molecule has 0 saturated carbocycles. The zero-order valence-electron chi connectivity index (χ0n) is 17.3. The van der Waals surface area contributed by atoms with Crippen LogP contribution >= 0.6 is 0 Å². The number of fused-ring (bicyclic) bond motifs is 1. The molecular weight excluding hydrogens is 346 g/mol. The minimum absolute atomic E-state index is 0.639. The van der Waals surface area contributed by atoms with Crippen molar-refractivity contribution in [1.82, 2.24) is 14.8 Å². The number of likely N-dealkylation sites (tertiary alicyclic amines) is 1. The number of aryl methyl sites for hydroxylation is 1. The van der Waals surface area contributed by atoms with E-state index in [1.165, 1.54) is 23.1 Å². The molecule has 0 spiro atoms. The van der Waals surface area contributed by atoms with Crippen molar-refractivity contribution in [2.75, 3.05) is 34.3 Å². The molecule has 1 aliphatic heterocycles. The molecule has 1 aromatic heterocycles. The van der Waals surface area contributed by atoms with Gasteiger partial charge < -0.3 is 9.64 Å². The molecule has 0 N–H and O–H groups in total. The summed E-state index contributed by atoms with van der Waals surface area (Å²) in [5.41, 5.74) is 5.79. The zero-order chi connectivity index (χ0) is 19.7. The van der Waals surface area contributed by atoms with Crippen LogP contribution in [0.15, 0.2) is 48.5 Å². The maximum absolute atomic E-state index is 5.41. The number of nitrogens with zero attached hydrogens (tertiary/aromatic N) is 3. The lowest BCUT2D eigenvalue weighted by molar-refractivity contribution is 0.265. The van der Waals surface area contributed by atoms with Crippen molar-refractivity contribution in [3.8, 4) is 17.0 Å². The highest BCUT2D eigenvalue weighted by molar-refractivity contribution is 5.84. The molecule has 28 heavy (non-hydrogen) atoms. The van der Waals surface area contributed by atoms with Crippen LogP contribution in [0.4, 0.5) is 0 Å². The van der Waals surface area contributed by atoms with Gasteiger partial charge in [0, 0.05) is 42.7 Å². The molecule has 3 aromatic rings. The average molecular weight is 376 g/mol. The van der Waals surface area contributed by atoms with E-state index < -0.39 is 0 Å². The van der Waals surface area contributed by atoms with Crippen molar-refractivity contribution in [3.05, 3.63) is 59.7 Å². The predicted octanol–water partition coefficient (Wildman–Crippen LogP) is 4.35. The average Bonchev–Trinajstić information content (AvgIpc) is 3.16. The summed E-state index contributed by atoms with van der Waals surface area (Å²) >= 11 is 0. The lowest BCUT2D eigenvalue weighted by Crippen LogP contribution is -2.31. The van der Waals surface area contributed by atoms with E-state index in [1.807, 2.05) is 12.1 Å². The maximum Gasteiger partial charge on any atom is 0.121 e. The summed E-state index contributed by atoms with van der Waals surface area (Å²) < 4.78 is 5.41. The smallest absolute Gasteiger partial charge is 0.121 e. The quantitative estimate of drug-likeness (QED) is 0.663. The van der Waals surface area contributed by atoms with E-state index in [2.05, 4.69) is 67.2 Å². The van der Waals surface area contributed by atoms with E-state index >= 15 is 0 Å². The molecule has 0 unspecified atom stereocenters. The van der Waals surface area contributed by atoms with E-state index in [1.54, 1.807) is 7.11 Å². The fourth-order valence-corrected chi connectivity index (χ4v) is 4.10. The standard InChI is InChI=1S/C24H29N3O/c1-17-6-5-7-19(12-17)24-20(15-27-11-10-21(16-27)26(2)3)13-18-8-9-22(28-4)14-23(18)25-24/h5-9,12-14,21H,10-11,15-16H2,1-4H3/t21-/m1/s1. The van der Waals surface area contributed by atoms with Crippen molar-refractivity contribution in [3.63, 3.8) is 0 Å². The Morgan fingerprint density at radius 1 is 1.14 bits per heavy atom. The van der Waals surface area contributed by atoms with Crippen LogP contribution in [0.3, 0.4) is 0 Å². The summed E-state index contributed by atoms with van der Waals surface area (Å²) in [4.78, 5) is 9.97. The Hall–Kier alpha value is -2.43. The molecule has 2 heterocycles. The van der Waals surface area contributed by atoms with Crippen LogP contribution in [-0.2, 0) is 6.54 Å². The first-order valence-electron chi connectivity index (χ1n) is 9.97. The molecule has 0 bridgehead atoms. The molecule has 1 saturated heterocycles. The molecule has 4 nitrogen and oxygen atoms in total. The number of methoxy groups -OCH3 is 1. The summed E-state index contributed by atoms with van der Waals surface area (Å²) in [6.07, 6.45) is 1.23. The molecule has 1 fully saturated rings. The Morgan fingerprint density at radius 3 is 2.71 bits per heavy atom. The lowest BCUT2D eigenvalue weighted by Gasteiger charge is -2.21. The van der Waals surface area contributed by atoms with Crippen molar-refractivity contribution in [1.29, 1.82) is 0 Å². The molecule has 2 aromatic carbocycles. The minimum Gasteiger partial charge on any atom is -0.497 e. The summed E-state index contributed by atoms with van der Waals surface area (Å²) in [6, 6.07) is 17.7. The highest BCUT2D eigenvalue weighted by atomic mass is 16.5. The van der Waals surface area contributed by atoms with Crippen LogP contribution in [-0.4, -0.2) is 55.1 Å². The first kappa shape index (κ1) is 18.9. The van der Waals surface area contributed by atoms with Crippen LogP contribution in [0.2, 0.25) is 0 Å². The second-order valence-electron chi connectivity index (χ2n) is 8.07. The van der Waals surface area contributed by atoms with Gasteiger partial charge in [0.1, 0.15) is 5.75 Å². The Bertz CT molecular complexity index is 983. The van der Waals surface area contributed by atoms with Gasteiger partial charge in [-0.2, -0.15) is 0 Å². The van der Waals surface area contributed by atoms with Gasteiger partial charge in [0.25, 0.3) is 0 Å². The topological polar surface area (TPSA) is 28.6 Å². The van der Waals surface area contributed by atoms with Crippen molar-refractivity contribution >= 4 is 10.9 Å². The number of rotatable bonds is 5. The molecule has 4 heteroatoms. The van der Waals surface area contributed by atoms with Gasteiger partial charge in [0.15, 0.2) is 0 Å². The number of hydrogen-bond acceptors (Lipinski definition) is 4. The number of benzene rings is 2. The molecule has 146 valence electrons. The highest BCUT2D eigenvalue weighted by Crippen LogP contribution is 2.30. The third-order valence-electron chi connectivity index (χ3n) is 5.77. The van der Waals surface area contributed by atoms with Crippen LogP contribution in [0.25, 0.3) is 22.2 Å². The van der Waals surface area contributed by atoms with E-state index in [-0.39, 0.29) is 0 Å². The van der Waals surface area contributed by atoms with E-state index in [0.717, 1.165) is 42.0 Å². The summed E-state index contributed by atoms with van der Waals surface area (Å²) in [6.45, 7) is 5.32. The number of hydrogen-bond donors (Lipinski definition) is 0. The fraction of sp³-hybridized carbons (Fsp3) is 0.375. The molecule has 0 radical (unpaired) electrons. The van der Waals surface area contributed by atoms with Gasteiger partial charge in [-0.15, -0.1) is 0 Å². The van der Waals surface area contributed by atoms with Crippen LogP contribution in [0.5, 0.6) is 5.75 Å². The van der Waals surface area contributed by atoms with Gasteiger partial charge in [-0.25, -0.2) is 4.98 Å². The van der Waals surface area contributed by atoms with Gasteiger partial charge in [0.05, 0.1) is 18.3 Å². The second-order valence-corrected chi connectivity index (χ2v) is 8.07. The third kappa shape index (κ3) is 3.89. The van der Waals surface area contributed by atoms with Gasteiger partial charge in [-0.05, 0) is 57.3 Å². The third-order valence-corrected chi connectivity index (χ3v) is 5.77. The van der Waals surface area contributed by atoms with Crippen LogP contribution in [0, 0.1) is 6.92 Å². The number of aromatic nitrogens is 1. The van der Waals surface area contributed by atoms with E-state index in [9.17, 15) is 0 Å². The molecule has 4 rings (SSSR count). The Balaban J connectivity index is 1.76. The molecule has 1 atom stereocenters. The second kappa shape index (κ2) is 7.90.